The van der Waals surface area contributed by atoms with E-state index in [2.05, 4.69) is 10.1 Å². The molecule has 23 heavy (non-hydrogen) atoms. The predicted octanol–water partition coefficient (Wildman–Crippen LogP) is 2.05. The number of aromatic nitrogens is 3. The fourth-order valence-corrected chi connectivity index (χ4v) is 3.49. The molecule has 6 nitrogen and oxygen atoms in total. The number of hydrogen-bond acceptors (Lipinski definition) is 3. The van der Waals surface area contributed by atoms with E-state index in [9.17, 15) is 9.59 Å². The van der Waals surface area contributed by atoms with Crippen molar-refractivity contribution in [3.05, 3.63) is 33.9 Å². The predicted molar refractivity (Wildman–Crippen MR) is 86.2 cm³/mol. The zero-order chi connectivity index (χ0) is 16.0. The molecular formula is C17H22N4O2. The monoisotopic (exact) mass is 314 g/mol. The van der Waals surface area contributed by atoms with Gasteiger partial charge in [-0.25, -0.2) is 9.50 Å². The zero-order valence-corrected chi connectivity index (χ0v) is 13.4. The number of likely N-dealkylation sites (tertiary alicyclic amines) is 1. The molecule has 1 aliphatic carbocycles. The lowest BCUT2D eigenvalue weighted by atomic mass is 9.99. The highest BCUT2D eigenvalue weighted by Crippen LogP contribution is 2.37. The van der Waals surface area contributed by atoms with E-state index in [1.165, 1.54) is 4.52 Å². The first kappa shape index (κ1) is 14.5. The van der Waals surface area contributed by atoms with Gasteiger partial charge in [0.2, 0.25) is 5.91 Å². The van der Waals surface area contributed by atoms with Crippen molar-refractivity contribution in [2.75, 3.05) is 6.54 Å². The van der Waals surface area contributed by atoms with Crippen molar-refractivity contribution in [3.63, 3.8) is 0 Å². The van der Waals surface area contributed by atoms with Crippen molar-refractivity contribution >= 4 is 11.6 Å². The van der Waals surface area contributed by atoms with Crippen LogP contribution >= 0.6 is 0 Å². The van der Waals surface area contributed by atoms with Crippen LogP contribution in [-0.2, 0) is 11.2 Å². The Bertz CT molecular complexity index is 803. The second-order valence-electron chi connectivity index (χ2n) is 6.66. The third-order valence-electron chi connectivity index (χ3n) is 4.96. The summed E-state index contributed by atoms with van der Waals surface area (Å²) in [6.45, 7) is 2.81. The van der Waals surface area contributed by atoms with Crippen LogP contribution in [0.4, 0.5) is 0 Å². The largest absolute Gasteiger partial charge is 0.334 e. The second-order valence-corrected chi connectivity index (χ2v) is 6.66. The maximum absolute atomic E-state index is 12.6. The minimum Gasteiger partial charge on any atom is -0.334 e. The molecule has 2 aliphatic rings. The quantitative estimate of drug-likeness (QED) is 0.942. The molecule has 2 fully saturated rings. The van der Waals surface area contributed by atoms with Gasteiger partial charge in [0, 0.05) is 30.3 Å². The minimum absolute atomic E-state index is 0.0445. The molecule has 0 aromatic carbocycles. The number of aryl methyl sites for hydroxylation is 1. The number of nitrogens with zero attached hydrogens (tertiary/aromatic N) is 3. The van der Waals surface area contributed by atoms with Crippen LogP contribution in [0.1, 0.15) is 56.5 Å². The normalized spacial score (nSPS) is 21.8. The van der Waals surface area contributed by atoms with Crippen LogP contribution in [0.2, 0.25) is 0 Å². The van der Waals surface area contributed by atoms with Crippen LogP contribution in [0.3, 0.4) is 0 Å². The van der Waals surface area contributed by atoms with Gasteiger partial charge in [-0.3, -0.25) is 14.7 Å². The van der Waals surface area contributed by atoms with Crippen molar-refractivity contribution in [2.45, 2.75) is 51.5 Å². The summed E-state index contributed by atoms with van der Waals surface area (Å²) >= 11 is 0. The van der Waals surface area contributed by atoms with E-state index < -0.39 is 0 Å². The van der Waals surface area contributed by atoms with Crippen LogP contribution in [0.25, 0.3) is 5.65 Å². The Hall–Kier alpha value is -2.11. The minimum atomic E-state index is -0.0889. The molecule has 3 heterocycles. The molecule has 1 aliphatic heterocycles. The highest BCUT2D eigenvalue weighted by atomic mass is 16.2. The van der Waals surface area contributed by atoms with Gasteiger partial charge in [0.05, 0.1) is 11.7 Å². The number of piperidine rings is 1. The maximum atomic E-state index is 12.6. The first-order valence-electron chi connectivity index (χ1n) is 8.59. The summed E-state index contributed by atoms with van der Waals surface area (Å²) in [7, 11) is 0. The molecule has 4 rings (SSSR count). The van der Waals surface area contributed by atoms with Crippen molar-refractivity contribution in [3.8, 4) is 0 Å². The lowest BCUT2D eigenvalue weighted by molar-refractivity contribution is -0.136. The lowest BCUT2D eigenvalue weighted by Crippen LogP contribution is -2.39. The Labute approximate surface area is 134 Å². The number of carbonyl (C=O) groups excluding carboxylic acids is 1. The number of aromatic amines is 1. The second kappa shape index (κ2) is 5.51. The lowest BCUT2D eigenvalue weighted by Gasteiger charge is -2.35. The molecule has 0 radical (unpaired) electrons. The van der Waals surface area contributed by atoms with Gasteiger partial charge in [-0.05, 0) is 38.5 Å². The molecule has 0 bridgehead atoms. The summed E-state index contributed by atoms with van der Waals surface area (Å²) in [5.74, 6) is 0.510. The van der Waals surface area contributed by atoms with Crippen LogP contribution in [0.5, 0.6) is 0 Å². The number of carbonyl (C=O) groups is 1. The number of fused-ring (bicyclic) bond motifs is 1. The average Bonchev–Trinajstić information content (AvgIpc) is 3.33. The molecule has 2 aromatic heterocycles. The number of hydrogen-bond donors (Lipinski definition) is 1. The van der Waals surface area contributed by atoms with Gasteiger partial charge in [0.1, 0.15) is 0 Å². The van der Waals surface area contributed by atoms with Crippen molar-refractivity contribution in [2.24, 2.45) is 5.92 Å². The van der Waals surface area contributed by atoms with Crippen LogP contribution in [0, 0.1) is 5.92 Å². The molecule has 1 saturated carbocycles. The molecule has 1 amide bonds. The number of rotatable bonds is 3. The fraction of sp³-hybridized carbons (Fsp3) is 0.588. The number of H-pyrrole nitrogens is 1. The maximum Gasteiger partial charge on any atom is 0.272 e. The molecule has 1 N–H and O–H groups in total. The summed E-state index contributed by atoms with van der Waals surface area (Å²) in [5.41, 5.74) is 2.29. The first-order chi connectivity index (χ1) is 11.2. The summed E-state index contributed by atoms with van der Waals surface area (Å²) < 4.78 is 1.49. The van der Waals surface area contributed by atoms with Crippen LogP contribution < -0.4 is 5.56 Å². The molecule has 1 atom stereocenters. The van der Waals surface area contributed by atoms with Gasteiger partial charge < -0.3 is 4.90 Å². The number of amides is 1. The molecule has 122 valence electrons. The summed E-state index contributed by atoms with van der Waals surface area (Å²) in [6.07, 6.45) is 5.90. The van der Waals surface area contributed by atoms with E-state index in [-0.39, 0.29) is 23.4 Å². The number of nitrogens with one attached hydrogen (secondary N) is 1. The van der Waals surface area contributed by atoms with Crippen molar-refractivity contribution < 1.29 is 4.79 Å². The topological polar surface area (TPSA) is 70.5 Å². The summed E-state index contributed by atoms with van der Waals surface area (Å²) in [5, 5.41) is 3.18. The standard InChI is InChI=1S/C17H22N4O2/c1-2-12-9-16(22)21-15(18-12)10-13(19-21)14-5-3-4-8-20(14)17(23)11-6-7-11/h9-11,14,19H,2-8H2,1H3/t14-/m1/s1. The molecular weight excluding hydrogens is 292 g/mol. The third-order valence-corrected chi connectivity index (χ3v) is 4.96. The van der Waals surface area contributed by atoms with Gasteiger partial charge in [-0.1, -0.05) is 6.92 Å². The fourth-order valence-electron chi connectivity index (χ4n) is 3.49. The Kier molecular flexibility index (Phi) is 3.47. The zero-order valence-electron chi connectivity index (χ0n) is 13.4. The smallest absolute Gasteiger partial charge is 0.272 e. The van der Waals surface area contributed by atoms with E-state index >= 15 is 0 Å². The summed E-state index contributed by atoms with van der Waals surface area (Å²) in [4.78, 5) is 31.3. The Balaban J connectivity index is 1.72. The Morgan fingerprint density at radius 3 is 2.87 bits per heavy atom. The van der Waals surface area contributed by atoms with E-state index in [1.54, 1.807) is 6.07 Å². The molecule has 0 spiro atoms. The molecule has 6 heteroatoms. The van der Waals surface area contributed by atoms with Gasteiger partial charge in [0.25, 0.3) is 5.56 Å². The molecule has 1 saturated heterocycles. The van der Waals surface area contributed by atoms with Gasteiger partial charge in [-0.15, -0.1) is 0 Å². The first-order valence-corrected chi connectivity index (χ1v) is 8.59. The highest BCUT2D eigenvalue weighted by molar-refractivity contribution is 5.81. The van der Waals surface area contributed by atoms with Gasteiger partial charge in [0.15, 0.2) is 5.65 Å². The van der Waals surface area contributed by atoms with E-state index in [1.807, 2.05) is 17.9 Å². The van der Waals surface area contributed by atoms with E-state index in [4.69, 9.17) is 0 Å². The third kappa shape index (κ3) is 2.56. The van der Waals surface area contributed by atoms with E-state index in [0.29, 0.717) is 5.65 Å². The van der Waals surface area contributed by atoms with Crippen molar-refractivity contribution in [1.29, 1.82) is 0 Å². The summed E-state index contributed by atoms with van der Waals surface area (Å²) in [6, 6.07) is 3.55. The Morgan fingerprint density at radius 1 is 1.30 bits per heavy atom. The Morgan fingerprint density at radius 2 is 2.13 bits per heavy atom. The van der Waals surface area contributed by atoms with Crippen LogP contribution in [0.15, 0.2) is 16.9 Å². The van der Waals surface area contributed by atoms with Gasteiger partial charge in [-0.2, -0.15) is 0 Å². The van der Waals surface area contributed by atoms with Crippen molar-refractivity contribution in [1.82, 2.24) is 19.5 Å². The van der Waals surface area contributed by atoms with Crippen LogP contribution in [-0.4, -0.2) is 31.9 Å². The molecule has 0 unspecified atom stereocenters. The average molecular weight is 314 g/mol. The van der Waals surface area contributed by atoms with Gasteiger partial charge >= 0.3 is 0 Å². The molecule has 2 aromatic rings. The van der Waals surface area contributed by atoms with E-state index in [0.717, 1.165) is 56.5 Å². The highest BCUT2D eigenvalue weighted by Gasteiger charge is 2.38. The SMILES string of the molecule is CCc1cc(=O)n2[nH]c([C@H]3CCCCN3C(=O)C3CC3)cc2n1.